The van der Waals surface area contributed by atoms with E-state index in [0.29, 0.717) is 18.0 Å². The molecule has 2 aliphatic rings. The first-order chi connectivity index (χ1) is 24.8. The SMILES string of the molecule is CC1=Cc2c(-c3ccc(C(F)(F)F)c4ccccc34)cccc2[CH]1[Zr+2]([CH]1C(C)=Cc2c(-c3ccc(C(F)(F)F)c4ccccc34)cccc21)[SiH](C)C.[Cl-].[Cl-]. The summed E-state index contributed by atoms with van der Waals surface area (Å²) in [5.41, 5.74) is 9.65. The van der Waals surface area contributed by atoms with E-state index in [0.717, 1.165) is 33.4 Å². The molecule has 0 saturated heterocycles. The van der Waals surface area contributed by atoms with E-state index in [2.05, 4.69) is 63.4 Å². The van der Waals surface area contributed by atoms with Gasteiger partial charge >= 0.3 is 309 Å². The molecular formula is C44H35Cl2F6SiZr. The van der Waals surface area contributed by atoms with Crippen molar-refractivity contribution >= 4 is 39.6 Å². The summed E-state index contributed by atoms with van der Waals surface area (Å²) in [7, 11) is 0. The fourth-order valence-electron chi connectivity index (χ4n) is 8.85. The number of hydrogen-bond donors (Lipinski definition) is 0. The molecule has 0 aliphatic heterocycles. The van der Waals surface area contributed by atoms with Gasteiger partial charge in [-0.15, -0.1) is 0 Å². The largest absolute Gasteiger partial charge is 1.00 e. The van der Waals surface area contributed by atoms with Crippen LogP contribution in [0.25, 0.3) is 56.0 Å². The van der Waals surface area contributed by atoms with E-state index in [-0.39, 0.29) is 35.6 Å². The van der Waals surface area contributed by atoms with Crippen molar-refractivity contribution in [3.63, 3.8) is 0 Å². The third-order valence-corrected chi connectivity index (χ3v) is 33.1. The summed E-state index contributed by atoms with van der Waals surface area (Å²) >= 11 is -2.50. The second-order valence-corrected chi connectivity index (χ2v) is 34.4. The Kier molecular flexibility index (Phi) is 11.1. The normalized spacial score (nSPS) is 16.4. The van der Waals surface area contributed by atoms with Gasteiger partial charge in [-0.3, -0.25) is 0 Å². The van der Waals surface area contributed by atoms with Crippen LogP contribution in [0, 0.1) is 0 Å². The maximum Gasteiger partial charge on any atom is -1.00 e. The molecule has 0 nitrogen and oxygen atoms in total. The van der Waals surface area contributed by atoms with Crippen LogP contribution in [0.4, 0.5) is 26.3 Å². The summed E-state index contributed by atoms with van der Waals surface area (Å²) < 4.78 is 84.8. The Morgan fingerprint density at radius 1 is 0.463 bits per heavy atom. The van der Waals surface area contributed by atoms with E-state index in [1.54, 1.807) is 60.7 Å². The van der Waals surface area contributed by atoms with Crippen molar-refractivity contribution in [2.75, 3.05) is 0 Å². The van der Waals surface area contributed by atoms with Crippen molar-refractivity contribution < 1.29 is 72.1 Å². The quantitative estimate of drug-likeness (QED) is 0.124. The third kappa shape index (κ3) is 6.65. The predicted octanol–water partition coefficient (Wildman–Crippen LogP) is 7.59. The zero-order chi connectivity index (χ0) is 36.7. The average Bonchev–Trinajstić information content (AvgIpc) is 3.62. The van der Waals surface area contributed by atoms with Crippen molar-refractivity contribution in [2.24, 2.45) is 0 Å². The molecule has 0 aromatic heterocycles. The Bertz CT molecular complexity index is 2310. The van der Waals surface area contributed by atoms with Gasteiger partial charge in [0.15, 0.2) is 0 Å². The number of fused-ring (bicyclic) bond motifs is 4. The summed E-state index contributed by atoms with van der Waals surface area (Å²) in [4.78, 5) is 0. The number of halogens is 8. The zero-order valence-corrected chi connectivity index (χ0v) is 34.9. The van der Waals surface area contributed by atoms with E-state index >= 15 is 0 Å². The Morgan fingerprint density at radius 3 is 1.19 bits per heavy atom. The van der Waals surface area contributed by atoms with E-state index in [4.69, 9.17) is 0 Å². The molecule has 8 rings (SSSR count). The van der Waals surface area contributed by atoms with Crippen LogP contribution >= 0.6 is 0 Å². The molecule has 0 bridgehead atoms. The van der Waals surface area contributed by atoms with Gasteiger partial charge in [-0.25, -0.2) is 0 Å². The molecule has 2 atom stereocenters. The van der Waals surface area contributed by atoms with Crippen molar-refractivity contribution in [1.82, 2.24) is 0 Å². The zero-order valence-electron chi connectivity index (χ0n) is 29.8. The minimum atomic E-state index is -4.45. The average molecular weight is 868 g/mol. The molecule has 6 aromatic rings. The number of alkyl halides is 6. The second-order valence-electron chi connectivity index (χ2n) is 14.3. The second kappa shape index (κ2) is 14.9. The Morgan fingerprint density at radius 2 is 0.833 bits per heavy atom. The van der Waals surface area contributed by atoms with E-state index in [1.807, 2.05) is 12.1 Å². The molecule has 0 fully saturated rings. The van der Waals surface area contributed by atoms with E-state index in [1.165, 1.54) is 34.4 Å². The molecule has 275 valence electrons. The van der Waals surface area contributed by atoms with Crippen molar-refractivity contribution in [1.29, 1.82) is 0 Å². The Balaban J connectivity index is 0.00000249. The smallest absolute Gasteiger partial charge is 1.00 e. The van der Waals surface area contributed by atoms with Gasteiger partial charge in [0.25, 0.3) is 0 Å². The number of benzene rings is 6. The molecule has 2 unspecified atom stereocenters. The minimum Gasteiger partial charge on any atom is -1.00 e. The number of rotatable bonds is 5. The van der Waals surface area contributed by atoms with Gasteiger partial charge in [0.2, 0.25) is 0 Å². The standard InChI is InChI=1S/2C21H14F3.C2H7Si.2ClH.Zr/c2*1-13-11-14-5-4-8-16(19(14)12-13)17-9-10-20(21(22,23)24)18-7-3-2-6-15(17)18;1-3-2;;;/h2*2-12H,1H3;3H,1-2H3;2*1H;/q;;;;;+2/p-2. The summed E-state index contributed by atoms with van der Waals surface area (Å²) in [5.74, 6) is -1.23. The van der Waals surface area contributed by atoms with E-state index < -0.39 is 50.3 Å². The van der Waals surface area contributed by atoms with Gasteiger partial charge in [-0.1, -0.05) is 0 Å². The molecule has 2 aliphatic carbocycles. The van der Waals surface area contributed by atoms with Gasteiger partial charge in [0.05, 0.1) is 0 Å². The monoisotopic (exact) mass is 865 g/mol. The molecular weight excluding hydrogens is 833 g/mol. The van der Waals surface area contributed by atoms with Crippen LogP contribution < -0.4 is 24.8 Å². The molecule has 0 heterocycles. The molecule has 0 amide bonds. The van der Waals surface area contributed by atoms with Crippen LogP contribution in [0.2, 0.25) is 13.1 Å². The molecule has 0 spiro atoms. The maximum absolute atomic E-state index is 14.0. The predicted molar refractivity (Wildman–Crippen MR) is 200 cm³/mol. The van der Waals surface area contributed by atoms with Crippen LogP contribution in [-0.2, 0) is 33.3 Å². The topological polar surface area (TPSA) is 0 Å². The summed E-state index contributed by atoms with van der Waals surface area (Å²) in [6.07, 6.45) is -4.36. The van der Waals surface area contributed by atoms with Gasteiger partial charge in [0, 0.05) is 0 Å². The Hall–Kier alpha value is -3.42. The minimum absolute atomic E-state index is 0. The van der Waals surface area contributed by atoms with Crippen LogP contribution in [0.5, 0.6) is 0 Å². The van der Waals surface area contributed by atoms with Crippen LogP contribution in [0.15, 0.2) is 120 Å². The summed E-state index contributed by atoms with van der Waals surface area (Å²) in [5, 5.41) is 1.57. The fraction of sp³-hybridized carbons (Fsp3) is 0.182. The molecule has 0 N–H and O–H groups in total. The third-order valence-electron chi connectivity index (χ3n) is 10.9. The fourth-order valence-corrected chi connectivity index (χ4v) is 32.1. The van der Waals surface area contributed by atoms with Gasteiger partial charge in [-0.2, -0.15) is 0 Å². The van der Waals surface area contributed by atoms with Crippen molar-refractivity contribution in [2.45, 2.75) is 46.5 Å². The Labute approximate surface area is 332 Å². The first-order valence-corrected chi connectivity index (χ1v) is 27.4. The molecule has 54 heavy (non-hydrogen) atoms. The molecule has 10 heteroatoms. The summed E-state index contributed by atoms with van der Waals surface area (Å²) in [6.45, 7) is 9.37. The molecule has 0 saturated carbocycles. The first kappa shape index (κ1) is 40.2. The number of hydrogen-bond acceptors (Lipinski definition) is 0. The van der Waals surface area contributed by atoms with E-state index in [9.17, 15) is 26.3 Å². The maximum atomic E-state index is 14.0. The summed E-state index contributed by atoms with van der Waals surface area (Å²) in [6, 6.07) is 31.9. The van der Waals surface area contributed by atoms with Crippen LogP contribution in [0.1, 0.15) is 54.5 Å². The van der Waals surface area contributed by atoms with Crippen molar-refractivity contribution in [3.8, 4) is 22.3 Å². The molecule has 6 aromatic carbocycles. The van der Waals surface area contributed by atoms with Crippen LogP contribution in [-0.4, -0.2) is 5.92 Å². The van der Waals surface area contributed by atoms with Gasteiger partial charge in [0.1, 0.15) is 0 Å². The molecule has 0 radical (unpaired) electrons. The number of allylic oxidation sites excluding steroid dienone is 2. The van der Waals surface area contributed by atoms with Crippen molar-refractivity contribution in [3.05, 3.63) is 154 Å². The van der Waals surface area contributed by atoms with Gasteiger partial charge < -0.3 is 24.8 Å². The van der Waals surface area contributed by atoms with Crippen LogP contribution in [0.3, 0.4) is 0 Å². The first-order valence-electron chi connectivity index (χ1n) is 17.4. The van der Waals surface area contributed by atoms with Gasteiger partial charge in [-0.05, 0) is 0 Å².